The van der Waals surface area contributed by atoms with Gasteiger partial charge in [-0.25, -0.2) is 0 Å². The molecule has 5 heteroatoms. The highest BCUT2D eigenvalue weighted by molar-refractivity contribution is 5.98. The maximum absolute atomic E-state index is 9.25. The van der Waals surface area contributed by atoms with Crippen LogP contribution in [-0.4, -0.2) is 42.0 Å². The molecule has 1 N–H and O–H groups in total. The van der Waals surface area contributed by atoms with Gasteiger partial charge >= 0.3 is 0 Å². The van der Waals surface area contributed by atoms with Gasteiger partial charge in [0.2, 0.25) is 0 Å². The molecule has 1 aromatic heterocycles. The Morgan fingerprint density at radius 2 is 2.04 bits per heavy atom. The van der Waals surface area contributed by atoms with Crippen LogP contribution in [0.15, 0.2) is 47.0 Å². The molecule has 1 unspecified atom stereocenters. The molecule has 0 aliphatic rings. The van der Waals surface area contributed by atoms with Crippen molar-refractivity contribution in [2.45, 2.75) is 19.5 Å². The topological polar surface area (TPSA) is 58.7 Å². The van der Waals surface area contributed by atoms with Crippen LogP contribution in [0.3, 0.4) is 0 Å². The quantitative estimate of drug-likeness (QED) is 0.753. The molecule has 1 heterocycles. The Morgan fingerprint density at radius 3 is 2.79 bits per heavy atom. The molecule has 0 aliphatic heterocycles. The summed E-state index contributed by atoms with van der Waals surface area (Å²) in [6, 6.07) is 14.1. The van der Waals surface area contributed by atoms with Crippen LogP contribution in [0.25, 0.3) is 22.0 Å². The Bertz CT molecular complexity index is 828. The van der Waals surface area contributed by atoms with Crippen molar-refractivity contribution in [3.05, 3.63) is 48.2 Å². The fraction of sp³-hybridized carbons (Fsp3) is 0.316. The molecule has 3 rings (SSSR count). The van der Waals surface area contributed by atoms with Crippen LogP contribution < -0.4 is 4.74 Å². The largest absolute Gasteiger partial charge is 0.496 e. The van der Waals surface area contributed by atoms with E-state index in [4.69, 9.17) is 9.26 Å². The number of hydrogen-bond acceptors (Lipinski definition) is 5. The zero-order chi connectivity index (χ0) is 17.1. The number of methoxy groups -OCH3 is 1. The van der Waals surface area contributed by atoms with E-state index in [2.05, 4.69) is 17.3 Å². The third kappa shape index (κ3) is 3.13. The predicted octanol–water partition coefficient (Wildman–Crippen LogP) is 3.32. The summed E-state index contributed by atoms with van der Waals surface area (Å²) >= 11 is 0. The summed E-state index contributed by atoms with van der Waals surface area (Å²) in [5.74, 6) is 1.52. The Morgan fingerprint density at radius 1 is 1.25 bits per heavy atom. The van der Waals surface area contributed by atoms with E-state index in [1.54, 1.807) is 7.11 Å². The van der Waals surface area contributed by atoms with Crippen molar-refractivity contribution in [1.29, 1.82) is 0 Å². The highest BCUT2D eigenvalue weighted by Gasteiger charge is 2.17. The van der Waals surface area contributed by atoms with Gasteiger partial charge in [0.05, 0.1) is 25.8 Å². The number of benzene rings is 2. The van der Waals surface area contributed by atoms with Gasteiger partial charge in [0.15, 0.2) is 5.76 Å². The van der Waals surface area contributed by atoms with E-state index in [0.717, 1.165) is 33.5 Å². The third-order valence-electron chi connectivity index (χ3n) is 4.35. The molecule has 5 nitrogen and oxygen atoms in total. The number of ether oxygens (including phenoxy) is 1. The number of hydrogen-bond donors (Lipinski definition) is 1. The summed E-state index contributed by atoms with van der Waals surface area (Å²) in [4.78, 5) is 2.02. The van der Waals surface area contributed by atoms with E-state index in [1.165, 1.54) is 0 Å². The molecule has 0 spiro atoms. The third-order valence-corrected chi connectivity index (χ3v) is 4.35. The SMILES string of the molecule is COc1ccc2ccccc2c1-c1cc(CN(C)C(C)CO)on1. The maximum atomic E-state index is 9.25. The lowest BCUT2D eigenvalue weighted by Crippen LogP contribution is -2.31. The molecular formula is C19H22N2O3. The number of rotatable bonds is 6. The second kappa shape index (κ2) is 7.03. The lowest BCUT2D eigenvalue weighted by Gasteiger charge is -2.20. The number of aliphatic hydroxyl groups is 1. The first kappa shape index (κ1) is 16.5. The van der Waals surface area contributed by atoms with Crippen LogP contribution in [0.4, 0.5) is 0 Å². The van der Waals surface area contributed by atoms with Crippen LogP contribution in [0, 0.1) is 0 Å². The molecule has 24 heavy (non-hydrogen) atoms. The van der Waals surface area contributed by atoms with Crippen molar-refractivity contribution >= 4 is 10.8 Å². The van der Waals surface area contributed by atoms with E-state index in [9.17, 15) is 5.11 Å². The number of likely N-dealkylation sites (N-methyl/N-ethyl adjacent to an activating group) is 1. The van der Waals surface area contributed by atoms with Gasteiger partial charge in [-0.15, -0.1) is 0 Å². The van der Waals surface area contributed by atoms with Crippen LogP contribution in [0.2, 0.25) is 0 Å². The van der Waals surface area contributed by atoms with Gasteiger partial charge in [0.25, 0.3) is 0 Å². The second-order valence-corrected chi connectivity index (χ2v) is 5.99. The zero-order valence-electron chi connectivity index (χ0n) is 14.2. The fourth-order valence-electron chi connectivity index (χ4n) is 2.73. The van der Waals surface area contributed by atoms with Gasteiger partial charge in [-0.2, -0.15) is 0 Å². The van der Waals surface area contributed by atoms with Gasteiger partial charge in [-0.3, -0.25) is 4.90 Å². The summed E-state index contributed by atoms with van der Waals surface area (Å²) in [5.41, 5.74) is 1.69. The lowest BCUT2D eigenvalue weighted by atomic mass is 10.0. The first-order valence-electron chi connectivity index (χ1n) is 7.97. The van der Waals surface area contributed by atoms with Gasteiger partial charge in [-0.05, 0) is 30.8 Å². The average Bonchev–Trinajstić information content (AvgIpc) is 3.07. The summed E-state index contributed by atoms with van der Waals surface area (Å²) < 4.78 is 11.0. The minimum absolute atomic E-state index is 0.0608. The van der Waals surface area contributed by atoms with E-state index >= 15 is 0 Å². The van der Waals surface area contributed by atoms with Crippen molar-refractivity contribution in [3.8, 4) is 17.0 Å². The van der Waals surface area contributed by atoms with Crippen LogP contribution >= 0.6 is 0 Å². The molecule has 3 aromatic rings. The zero-order valence-corrected chi connectivity index (χ0v) is 14.2. The van der Waals surface area contributed by atoms with Crippen molar-refractivity contribution in [2.24, 2.45) is 0 Å². The Balaban J connectivity index is 1.99. The van der Waals surface area contributed by atoms with E-state index < -0.39 is 0 Å². The average molecular weight is 326 g/mol. The lowest BCUT2D eigenvalue weighted by molar-refractivity contribution is 0.143. The van der Waals surface area contributed by atoms with E-state index in [0.29, 0.717) is 6.54 Å². The van der Waals surface area contributed by atoms with Crippen molar-refractivity contribution in [1.82, 2.24) is 10.1 Å². The number of nitrogens with zero attached hydrogens (tertiary/aromatic N) is 2. The number of aliphatic hydroxyl groups excluding tert-OH is 1. The Kier molecular flexibility index (Phi) is 4.83. The summed E-state index contributed by atoms with van der Waals surface area (Å²) in [7, 11) is 3.60. The molecule has 0 saturated heterocycles. The molecule has 126 valence electrons. The normalized spacial score (nSPS) is 12.7. The molecule has 0 bridgehead atoms. The molecule has 2 aromatic carbocycles. The second-order valence-electron chi connectivity index (χ2n) is 5.99. The molecule has 0 aliphatic carbocycles. The van der Waals surface area contributed by atoms with Gasteiger partial charge in [0.1, 0.15) is 11.4 Å². The Labute approximate surface area is 141 Å². The monoisotopic (exact) mass is 326 g/mol. The molecule has 0 amide bonds. The molecule has 1 atom stereocenters. The minimum Gasteiger partial charge on any atom is -0.496 e. The minimum atomic E-state index is 0.0608. The summed E-state index contributed by atoms with van der Waals surface area (Å²) in [6.07, 6.45) is 0. The Hall–Kier alpha value is -2.37. The van der Waals surface area contributed by atoms with E-state index in [1.807, 2.05) is 49.2 Å². The van der Waals surface area contributed by atoms with E-state index in [-0.39, 0.29) is 12.6 Å². The van der Waals surface area contributed by atoms with Crippen LogP contribution in [0.5, 0.6) is 5.75 Å². The molecule has 0 saturated carbocycles. The van der Waals surface area contributed by atoms with Crippen molar-refractivity contribution in [2.75, 3.05) is 20.8 Å². The van der Waals surface area contributed by atoms with Crippen LogP contribution in [0.1, 0.15) is 12.7 Å². The number of aromatic nitrogens is 1. The smallest absolute Gasteiger partial charge is 0.151 e. The highest BCUT2D eigenvalue weighted by atomic mass is 16.5. The fourth-order valence-corrected chi connectivity index (χ4v) is 2.73. The summed E-state index contributed by atoms with van der Waals surface area (Å²) in [5, 5.41) is 15.7. The van der Waals surface area contributed by atoms with Gasteiger partial charge in [0, 0.05) is 12.1 Å². The molecule has 0 fully saturated rings. The van der Waals surface area contributed by atoms with Crippen LogP contribution in [-0.2, 0) is 6.54 Å². The first-order chi connectivity index (χ1) is 11.6. The highest BCUT2D eigenvalue weighted by Crippen LogP contribution is 2.36. The van der Waals surface area contributed by atoms with Gasteiger partial charge in [-0.1, -0.05) is 35.5 Å². The molecule has 0 radical (unpaired) electrons. The first-order valence-corrected chi connectivity index (χ1v) is 7.97. The summed E-state index contributed by atoms with van der Waals surface area (Å²) in [6.45, 7) is 2.65. The van der Waals surface area contributed by atoms with Crippen molar-refractivity contribution in [3.63, 3.8) is 0 Å². The molecular weight excluding hydrogens is 304 g/mol. The van der Waals surface area contributed by atoms with Gasteiger partial charge < -0.3 is 14.4 Å². The predicted molar refractivity (Wildman–Crippen MR) is 94.0 cm³/mol. The standard InChI is InChI=1S/C19H22N2O3/c1-13(12-22)21(2)11-15-10-17(20-24-15)19-16-7-5-4-6-14(16)8-9-18(19)23-3/h4-10,13,22H,11-12H2,1-3H3. The van der Waals surface area contributed by atoms with Crippen molar-refractivity contribution < 1.29 is 14.4 Å². The number of fused-ring (bicyclic) bond motifs is 1. The maximum Gasteiger partial charge on any atom is 0.151 e.